The molecule has 0 radical (unpaired) electrons. The molecule has 1 fully saturated rings. The quantitative estimate of drug-likeness (QED) is 0.627. The Kier molecular flexibility index (Phi) is 7.54. The third-order valence-electron chi connectivity index (χ3n) is 7.09. The van der Waals surface area contributed by atoms with Gasteiger partial charge in [-0.3, -0.25) is 4.79 Å². The topological polar surface area (TPSA) is 87.2 Å². The Morgan fingerprint density at radius 2 is 1.83 bits per heavy atom. The van der Waals surface area contributed by atoms with Crippen molar-refractivity contribution in [2.24, 2.45) is 11.8 Å². The Hall–Kier alpha value is -2.42. The number of benzene rings is 2. The van der Waals surface area contributed by atoms with Crippen LogP contribution >= 0.6 is 0 Å². The average molecular weight is 501 g/mol. The van der Waals surface area contributed by atoms with E-state index in [2.05, 4.69) is 0 Å². The Labute approximate surface area is 208 Å². The maximum absolute atomic E-state index is 13.7. The van der Waals surface area contributed by atoms with Crippen LogP contribution in [0, 0.1) is 18.8 Å². The third-order valence-corrected chi connectivity index (χ3v) is 9.11. The Morgan fingerprint density at radius 1 is 1.17 bits per heavy atom. The lowest BCUT2D eigenvalue weighted by Crippen LogP contribution is -2.50. The number of carbonyl (C=O) groups is 1. The molecule has 7 nitrogen and oxygen atoms in total. The van der Waals surface area contributed by atoms with Crippen LogP contribution in [0.4, 0.5) is 0 Å². The van der Waals surface area contributed by atoms with Crippen LogP contribution in [0.3, 0.4) is 0 Å². The maximum atomic E-state index is 13.7. The van der Waals surface area contributed by atoms with Gasteiger partial charge in [0.05, 0.1) is 13.2 Å². The highest BCUT2D eigenvalue weighted by Crippen LogP contribution is 2.37. The summed E-state index contributed by atoms with van der Waals surface area (Å²) in [6.45, 7) is 5.93. The van der Waals surface area contributed by atoms with Gasteiger partial charge >= 0.3 is 0 Å². The summed E-state index contributed by atoms with van der Waals surface area (Å²) in [5.41, 5.74) is 2.95. The summed E-state index contributed by atoms with van der Waals surface area (Å²) in [4.78, 5) is 14.5. The minimum Gasteiger partial charge on any atom is -0.487 e. The average Bonchev–Trinajstić information content (AvgIpc) is 3.65. The fraction of sp³-hybridized carbons (Fsp3) is 0.519. The molecule has 0 spiro atoms. The normalized spacial score (nSPS) is 22.9. The highest BCUT2D eigenvalue weighted by Gasteiger charge is 2.38. The molecule has 8 heteroatoms. The number of hydrogen-bond donors (Lipinski definition) is 1. The number of likely N-dealkylation sites (N-methyl/N-ethyl adjacent to an activating group) is 1. The zero-order chi connectivity index (χ0) is 25.3. The van der Waals surface area contributed by atoms with Crippen LogP contribution in [0.15, 0.2) is 47.4 Å². The van der Waals surface area contributed by atoms with Crippen LogP contribution in [-0.4, -0.2) is 67.5 Å². The maximum Gasteiger partial charge on any atom is 0.247 e. The minimum atomic E-state index is -3.90. The predicted octanol–water partition coefficient (Wildman–Crippen LogP) is 3.69. The number of carbonyl (C=O) groups excluding carboxylic acids is 1. The molecule has 1 N–H and O–H groups in total. The van der Waals surface area contributed by atoms with E-state index in [1.807, 2.05) is 38.1 Å². The van der Waals surface area contributed by atoms with Crippen molar-refractivity contribution in [2.75, 3.05) is 26.7 Å². The second-order valence-corrected chi connectivity index (χ2v) is 12.0. The number of aliphatic hydroxyl groups excluding tert-OH is 1. The van der Waals surface area contributed by atoms with E-state index in [1.165, 1.54) is 4.31 Å². The zero-order valence-electron chi connectivity index (χ0n) is 21.0. The van der Waals surface area contributed by atoms with Gasteiger partial charge in [0.1, 0.15) is 16.7 Å². The van der Waals surface area contributed by atoms with Gasteiger partial charge in [-0.15, -0.1) is 0 Å². The molecule has 1 saturated carbocycles. The van der Waals surface area contributed by atoms with Crippen molar-refractivity contribution < 1.29 is 23.1 Å². The summed E-state index contributed by atoms with van der Waals surface area (Å²) in [7, 11) is -2.11. The summed E-state index contributed by atoms with van der Waals surface area (Å²) < 4.78 is 35.1. The molecule has 1 aliphatic heterocycles. The number of aryl methyl sites for hydroxylation is 1. The van der Waals surface area contributed by atoms with Crippen LogP contribution in [0.25, 0.3) is 11.1 Å². The minimum absolute atomic E-state index is 0.0810. The molecule has 2 aromatic carbocycles. The van der Waals surface area contributed by atoms with Crippen LogP contribution in [0.5, 0.6) is 5.75 Å². The summed E-state index contributed by atoms with van der Waals surface area (Å²) in [5, 5.41) is 9.81. The lowest BCUT2D eigenvalue weighted by molar-refractivity contribution is -0.131. The molecule has 1 amide bonds. The van der Waals surface area contributed by atoms with Gasteiger partial charge in [-0.05, 0) is 55.9 Å². The third kappa shape index (κ3) is 5.71. The van der Waals surface area contributed by atoms with Gasteiger partial charge in [0.2, 0.25) is 15.9 Å². The van der Waals surface area contributed by atoms with Crippen LogP contribution in [-0.2, 0) is 14.8 Å². The highest BCUT2D eigenvalue weighted by molar-refractivity contribution is 7.89. The predicted molar refractivity (Wildman–Crippen MR) is 136 cm³/mol. The van der Waals surface area contributed by atoms with Crippen LogP contribution in [0.1, 0.15) is 38.7 Å². The van der Waals surface area contributed by atoms with Crippen molar-refractivity contribution in [2.45, 2.75) is 57.1 Å². The summed E-state index contributed by atoms with van der Waals surface area (Å²) >= 11 is 0. The fourth-order valence-electron chi connectivity index (χ4n) is 4.47. The van der Waals surface area contributed by atoms with E-state index in [0.717, 1.165) is 29.5 Å². The molecule has 1 aliphatic carbocycles. The summed E-state index contributed by atoms with van der Waals surface area (Å²) in [6, 6.07) is 12.6. The number of aliphatic hydroxyl groups is 1. The van der Waals surface area contributed by atoms with Gasteiger partial charge in [-0.25, -0.2) is 8.42 Å². The van der Waals surface area contributed by atoms with E-state index >= 15 is 0 Å². The largest absolute Gasteiger partial charge is 0.487 e. The molecule has 190 valence electrons. The Bertz CT molecular complexity index is 1160. The van der Waals surface area contributed by atoms with Crippen LogP contribution in [0.2, 0.25) is 0 Å². The molecule has 0 bridgehead atoms. The molecule has 0 saturated heterocycles. The van der Waals surface area contributed by atoms with E-state index in [9.17, 15) is 18.3 Å². The first-order chi connectivity index (χ1) is 16.6. The number of amides is 1. The SMILES string of the molecule is Cc1ccc(-c2ccc3c(c2)O[C@H](CN(C)C(=O)CC2CC2)[C@H](C)CN([C@@H](C)CO)S3(=O)=O)cc1. The van der Waals surface area contributed by atoms with E-state index in [1.54, 1.807) is 37.1 Å². The standard InChI is InChI=1S/C27H36N2O5S/c1-18-5-9-22(10-6-18)23-11-12-26-24(14-23)34-25(16-28(4)27(31)13-21-7-8-21)19(2)15-29(20(3)17-30)35(26,32)33/h5-6,9-12,14,19-21,25,30H,7-8,13,15-17H2,1-4H3/t19-,20+,25-/m1/s1. The molecule has 1 heterocycles. The molecule has 0 unspecified atom stereocenters. The smallest absolute Gasteiger partial charge is 0.247 e. The number of ether oxygens (including phenoxy) is 1. The van der Waals surface area contributed by atoms with Crippen molar-refractivity contribution in [1.29, 1.82) is 0 Å². The van der Waals surface area contributed by atoms with E-state index in [-0.39, 0.29) is 35.6 Å². The van der Waals surface area contributed by atoms with Crippen molar-refractivity contribution in [3.05, 3.63) is 48.0 Å². The van der Waals surface area contributed by atoms with E-state index < -0.39 is 22.2 Å². The van der Waals surface area contributed by atoms with Crippen molar-refractivity contribution in [1.82, 2.24) is 9.21 Å². The number of fused-ring (bicyclic) bond motifs is 1. The fourth-order valence-corrected chi connectivity index (χ4v) is 6.29. The molecule has 4 rings (SSSR count). The van der Waals surface area contributed by atoms with Gasteiger partial charge < -0.3 is 14.7 Å². The monoisotopic (exact) mass is 500 g/mol. The molecule has 2 aromatic rings. The van der Waals surface area contributed by atoms with Crippen molar-refractivity contribution >= 4 is 15.9 Å². The number of rotatable bonds is 7. The molecule has 0 aromatic heterocycles. The Morgan fingerprint density at radius 3 is 2.46 bits per heavy atom. The summed E-state index contributed by atoms with van der Waals surface area (Å²) in [5.74, 6) is 0.653. The van der Waals surface area contributed by atoms with Gasteiger partial charge in [0.25, 0.3) is 0 Å². The van der Waals surface area contributed by atoms with Gasteiger partial charge in [0.15, 0.2) is 0 Å². The van der Waals surface area contributed by atoms with Gasteiger partial charge in [-0.2, -0.15) is 4.31 Å². The molecular weight excluding hydrogens is 464 g/mol. The number of hydrogen-bond acceptors (Lipinski definition) is 5. The molecule has 2 aliphatic rings. The second-order valence-electron chi connectivity index (χ2n) is 10.2. The molecular formula is C27H36N2O5S. The molecule has 35 heavy (non-hydrogen) atoms. The lowest BCUT2D eigenvalue weighted by Gasteiger charge is -2.37. The Balaban J connectivity index is 1.72. The first-order valence-corrected chi connectivity index (χ1v) is 13.8. The van der Waals surface area contributed by atoms with Crippen LogP contribution < -0.4 is 4.74 Å². The lowest BCUT2D eigenvalue weighted by atomic mass is 10.0. The number of nitrogens with zero attached hydrogens (tertiary/aromatic N) is 2. The highest BCUT2D eigenvalue weighted by atomic mass is 32.2. The van der Waals surface area contributed by atoms with Gasteiger partial charge in [0, 0.05) is 32.0 Å². The van der Waals surface area contributed by atoms with Crippen molar-refractivity contribution in [3.8, 4) is 16.9 Å². The first-order valence-electron chi connectivity index (χ1n) is 12.3. The van der Waals surface area contributed by atoms with Gasteiger partial charge in [-0.1, -0.05) is 42.8 Å². The van der Waals surface area contributed by atoms with E-state index in [0.29, 0.717) is 18.9 Å². The second kappa shape index (κ2) is 10.3. The summed E-state index contributed by atoms with van der Waals surface area (Å²) in [6.07, 6.45) is 2.36. The van der Waals surface area contributed by atoms with Crippen molar-refractivity contribution in [3.63, 3.8) is 0 Å². The number of sulfonamides is 1. The van der Waals surface area contributed by atoms with E-state index in [4.69, 9.17) is 4.74 Å². The first kappa shape index (κ1) is 25.7. The molecule has 3 atom stereocenters. The zero-order valence-corrected chi connectivity index (χ0v) is 21.8.